The van der Waals surface area contributed by atoms with Gasteiger partial charge in [-0.25, -0.2) is 9.78 Å². The third-order valence-corrected chi connectivity index (χ3v) is 2.81. The molecular weight excluding hydrogens is 272 g/mol. The number of anilines is 1. The molecule has 2 aromatic heterocycles. The van der Waals surface area contributed by atoms with E-state index in [1.807, 2.05) is 6.92 Å². The van der Waals surface area contributed by atoms with Gasteiger partial charge in [0.15, 0.2) is 0 Å². The number of carboxylic acid groups (broad SMARTS) is 1. The Hall–Kier alpha value is -2.83. The van der Waals surface area contributed by atoms with Crippen LogP contribution in [0.3, 0.4) is 0 Å². The first-order valence-electron chi connectivity index (χ1n) is 6.35. The van der Waals surface area contributed by atoms with E-state index in [1.54, 1.807) is 13.0 Å². The standard InChI is InChI=1S/C14H14N4O3/c1-3-11-10(6-8(2)17-18-11)13(19)16-9-4-5-12(14(20)21)15-7-9/h4-7H,3H2,1-2H3,(H,16,19)(H,20,21). The number of carbonyl (C=O) groups is 2. The number of pyridine rings is 1. The minimum absolute atomic E-state index is 0.0799. The van der Waals surface area contributed by atoms with E-state index in [2.05, 4.69) is 20.5 Å². The molecule has 7 heteroatoms. The highest BCUT2D eigenvalue weighted by molar-refractivity contribution is 6.05. The van der Waals surface area contributed by atoms with Crippen molar-refractivity contribution in [3.8, 4) is 0 Å². The molecule has 2 N–H and O–H groups in total. The minimum Gasteiger partial charge on any atom is -0.477 e. The fourth-order valence-electron chi connectivity index (χ4n) is 1.76. The number of nitrogens with zero attached hydrogens (tertiary/aromatic N) is 3. The van der Waals surface area contributed by atoms with E-state index < -0.39 is 5.97 Å². The van der Waals surface area contributed by atoms with Gasteiger partial charge in [-0.1, -0.05) is 6.92 Å². The van der Waals surface area contributed by atoms with Gasteiger partial charge < -0.3 is 10.4 Å². The van der Waals surface area contributed by atoms with E-state index in [9.17, 15) is 9.59 Å². The fraction of sp³-hybridized carbons (Fsp3) is 0.214. The van der Waals surface area contributed by atoms with Crippen LogP contribution in [-0.4, -0.2) is 32.2 Å². The summed E-state index contributed by atoms with van der Waals surface area (Å²) < 4.78 is 0. The summed E-state index contributed by atoms with van der Waals surface area (Å²) in [5.41, 5.74) is 2.04. The number of carbonyl (C=O) groups excluding carboxylic acids is 1. The van der Waals surface area contributed by atoms with Crippen LogP contribution in [0.5, 0.6) is 0 Å². The van der Waals surface area contributed by atoms with Crippen LogP contribution < -0.4 is 5.32 Å². The third kappa shape index (κ3) is 3.38. The van der Waals surface area contributed by atoms with Crippen molar-refractivity contribution >= 4 is 17.6 Å². The van der Waals surface area contributed by atoms with E-state index >= 15 is 0 Å². The lowest BCUT2D eigenvalue weighted by atomic mass is 10.1. The minimum atomic E-state index is -1.12. The van der Waals surface area contributed by atoms with E-state index in [-0.39, 0.29) is 11.6 Å². The van der Waals surface area contributed by atoms with Crippen molar-refractivity contribution in [3.63, 3.8) is 0 Å². The second kappa shape index (κ2) is 6.08. The number of hydrogen-bond acceptors (Lipinski definition) is 5. The highest BCUT2D eigenvalue weighted by Crippen LogP contribution is 2.12. The average Bonchev–Trinajstić information content (AvgIpc) is 2.47. The van der Waals surface area contributed by atoms with Crippen LogP contribution >= 0.6 is 0 Å². The highest BCUT2D eigenvalue weighted by atomic mass is 16.4. The summed E-state index contributed by atoms with van der Waals surface area (Å²) >= 11 is 0. The van der Waals surface area contributed by atoms with Crippen molar-refractivity contribution in [2.75, 3.05) is 5.32 Å². The van der Waals surface area contributed by atoms with Crippen molar-refractivity contribution in [1.82, 2.24) is 15.2 Å². The Morgan fingerprint density at radius 1 is 1.29 bits per heavy atom. The number of aromatic carboxylic acids is 1. The Morgan fingerprint density at radius 2 is 2.05 bits per heavy atom. The molecule has 0 saturated heterocycles. The molecule has 2 heterocycles. The fourth-order valence-corrected chi connectivity index (χ4v) is 1.76. The van der Waals surface area contributed by atoms with Gasteiger partial charge in [0.05, 0.1) is 28.8 Å². The summed E-state index contributed by atoms with van der Waals surface area (Å²) in [5, 5.41) is 19.3. The predicted octanol–water partition coefficient (Wildman–Crippen LogP) is 1.69. The van der Waals surface area contributed by atoms with Crippen molar-refractivity contribution in [2.45, 2.75) is 20.3 Å². The molecule has 0 bridgehead atoms. The molecule has 0 fully saturated rings. The molecule has 7 nitrogen and oxygen atoms in total. The number of aryl methyl sites for hydroxylation is 2. The van der Waals surface area contributed by atoms with Crippen molar-refractivity contribution in [3.05, 3.63) is 47.0 Å². The zero-order chi connectivity index (χ0) is 15.4. The van der Waals surface area contributed by atoms with E-state index in [0.29, 0.717) is 29.1 Å². The zero-order valence-electron chi connectivity index (χ0n) is 11.6. The number of nitrogens with one attached hydrogen (secondary N) is 1. The molecular formula is C14H14N4O3. The first kappa shape index (κ1) is 14.6. The van der Waals surface area contributed by atoms with Gasteiger partial charge in [-0.15, -0.1) is 0 Å². The molecule has 2 aromatic rings. The van der Waals surface area contributed by atoms with Crippen molar-refractivity contribution in [1.29, 1.82) is 0 Å². The first-order valence-corrected chi connectivity index (χ1v) is 6.35. The summed E-state index contributed by atoms with van der Waals surface area (Å²) in [5.74, 6) is -1.44. The molecule has 1 amide bonds. The Kier molecular flexibility index (Phi) is 4.22. The van der Waals surface area contributed by atoms with Crippen molar-refractivity contribution in [2.24, 2.45) is 0 Å². The predicted molar refractivity (Wildman–Crippen MR) is 75.3 cm³/mol. The van der Waals surface area contributed by atoms with Gasteiger partial charge in [-0.05, 0) is 31.5 Å². The lowest BCUT2D eigenvalue weighted by molar-refractivity contribution is 0.0690. The van der Waals surface area contributed by atoms with Crippen LogP contribution in [0.2, 0.25) is 0 Å². The largest absolute Gasteiger partial charge is 0.477 e. The average molecular weight is 286 g/mol. The lowest BCUT2D eigenvalue weighted by Gasteiger charge is -2.08. The van der Waals surface area contributed by atoms with E-state index in [1.165, 1.54) is 18.3 Å². The maximum Gasteiger partial charge on any atom is 0.354 e. The summed E-state index contributed by atoms with van der Waals surface area (Å²) in [6, 6.07) is 4.48. The van der Waals surface area contributed by atoms with Crippen LogP contribution in [0.1, 0.15) is 39.2 Å². The van der Waals surface area contributed by atoms with Crippen LogP contribution in [0, 0.1) is 6.92 Å². The number of amides is 1. The Balaban J connectivity index is 2.21. The zero-order valence-corrected chi connectivity index (χ0v) is 11.6. The Bertz CT molecular complexity index is 683. The van der Waals surface area contributed by atoms with Gasteiger partial charge in [0.2, 0.25) is 0 Å². The van der Waals surface area contributed by atoms with Gasteiger partial charge in [0, 0.05) is 0 Å². The van der Waals surface area contributed by atoms with E-state index in [4.69, 9.17) is 5.11 Å². The second-order valence-electron chi connectivity index (χ2n) is 4.39. The molecule has 0 unspecified atom stereocenters. The van der Waals surface area contributed by atoms with Crippen LogP contribution in [0.25, 0.3) is 0 Å². The Labute approximate surface area is 121 Å². The molecule has 0 aliphatic rings. The second-order valence-corrected chi connectivity index (χ2v) is 4.39. The van der Waals surface area contributed by atoms with Gasteiger partial charge in [0.25, 0.3) is 5.91 Å². The molecule has 21 heavy (non-hydrogen) atoms. The topological polar surface area (TPSA) is 105 Å². The summed E-state index contributed by atoms with van der Waals surface area (Å²) in [6.07, 6.45) is 1.89. The third-order valence-electron chi connectivity index (χ3n) is 2.81. The summed E-state index contributed by atoms with van der Waals surface area (Å²) in [6.45, 7) is 3.64. The van der Waals surface area contributed by atoms with Crippen LogP contribution in [-0.2, 0) is 6.42 Å². The highest BCUT2D eigenvalue weighted by Gasteiger charge is 2.13. The van der Waals surface area contributed by atoms with Gasteiger partial charge >= 0.3 is 5.97 Å². The Morgan fingerprint density at radius 3 is 2.62 bits per heavy atom. The molecule has 108 valence electrons. The molecule has 0 aromatic carbocycles. The van der Waals surface area contributed by atoms with Crippen molar-refractivity contribution < 1.29 is 14.7 Å². The summed E-state index contributed by atoms with van der Waals surface area (Å²) in [7, 11) is 0. The molecule has 0 aliphatic heterocycles. The molecule has 0 saturated carbocycles. The normalized spacial score (nSPS) is 10.2. The maximum atomic E-state index is 12.2. The molecule has 0 atom stereocenters. The molecule has 0 spiro atoms. The number of rotatable bonds is 4. The molecule has 0 radical (unpaired) electrons. The number of aromatic nitrogens is 3. The van der Waals surface area contributed by atoms with E-state index in [0.717, 1.165) is 0 Å². The number of hydrogen-bond donors (Lipinski definition) is 2. The van der Waals surface area contributed by atoms with Gasteiger partial charge in [-0.3, -0.25) is 4.79 Å². The number of carboxylic acids is 1. The quantitative estimate of drug-likeness (QED) is 0.886. The molecule has 0 aliphatic carbocycles. The molecule has 2 rings (SSSR count). The maximum absolute atomic E-state index is 12.2. The SMILES string of the molecule is CCc1nnc(C)cc1C(=O)Nc1ccc(C(=O)O)nc1. The lowest BCUT2D eigenvalue weighted by Crippen LogP contribution is -2.16. The summed E-state index contributed by atoms with van der Waals surface area (Å²) in [4.78, 5) is 26.7. The first-order chi connectivity index (χ1) is 10.0. The van der Waals surface area contributed by atoms with Gasteiger partial charge in [0.1, 0.15) is 5.69 Å². The van der Waals surface area contributed by atoms with Crippen LogP contribution in [0.4, 0.5) is 5.69 Å². The smallest absolute Gasteiger partial charge is 0.354 e. The van der Waals surface area contributed by atoms with Gasteiger partial charge in [-0.2, -0.15) is 10.2 Å². The van der Waals surface area contributed by atoms with Crippen LogP contribution in [0.15, 0.2) is 24.4 Å². The monoisotopic (exact) mass is 286 g/mol.